The Labute approximate surface area is 285 Å². The highest BCUT2D eigenvalue weighted by Crippen LogP contribution is 2.43. The van der Waals surface area contributed by atoms with Crippen LogP contribution >= 0.6 is 0 Å². The van der Waals surface area contributed by atoms with E-state index in [9.17, 15) is 27.9 Å². The number of aliphatic carboxylic acids is 1. The largest absolute Gasteiger partial charge is 0.496 e. The number of rotatable bonds is 9. The van der Waals surface area contributed by atoms with Crippen LogP contribution in [0.1, 0.15) is 47.0 Å². The standard InChI is InChI=1S/C34H36F3N7O6/c1-19-8-11-44(42-19)25-14-20(21-5-7-23(31(47)49-3)26(15-21)48-2)4-6-22(25)29(34(35,36)37)50-28-16-27(40-32(38)41-28)43-12-9-33(10-13-43)17-24(30(45)46)39-18-33/h4-8,11,14-16,24,29,39H,9-10,12-13,17-18H2,1-3H3,(H,45,46)(H2,38,40,41)/t24-,29?/m0/s1. The molecule has 4 N–H and O–H groups in total. The van der Waals surface area contributed by atoms with Gasteiger partial charge in [0.1, 0.15) is 23.2 Å². The van der Waals surface area contributed by atoms with Crippen molar-refractivity contribution >= 4 is 23.7 Å². The maximum absolute atomic E-state index is 14.9. The van der Waals surface area contributed by atoms with Gasteiger partial charge < -0.3 is 35.3 Å². The fraction of sp³-hybridized carbons (Fsp3) is 0.382. The number of nitrogens with one attached hydrogen (secondary N) is 1. The van der Waals surface area contributed by atoms with Crippen LogP contribution in [0.25, 0.3) is 16.8 Å². The monoisotopic (exact) mass is 695 g/mol. The van der Waals surface area contributed by atoms with E-state index in [0.717, 1.165) is 0 Å². The predicted octanol–water partition coefficient (Wildman–Crippen LogP) is 4.73. The number of aromatic nitrogens is 4. The molecule has 4 heterocycles. The first kappa shape index (κ1) is 34.5. The lowest BCUT2D eigenvalue weighted by Crippen LogP contribution is -2.41. The van der Waals surface area contributed by atoms with Crippen LogP contribution in [0, 0.1) is 12.3 Å². The summed E-state index contributed by atoms with van der Waals surface area (Å²) in [5.74, 6) is -1.56. The maximum Gasteiger partial charge on any atom is 0.429 e. The van der Waals surface area contributed by atoms with E-state index in [4.69, 9.17) is 19.9 Å². The summed E-state index contributed by atoms with van der Waals surface area (Å²) in [6.45, 7) is 3.30. The number of nitrogens with zero attached hydrogens (tertiary/aromatic N) is 5. The van der Waals surface area contributed by atoms with Crippen LogP contribution < -0.4 is 25.4 Å². The van der Waals surface area contributed by atoms with E-state index in [1.807, 2.05) is 4.90 Å². The molecule has 264 valence electrons. The topological polar surface area (TPSA) is 167 Å². The van der Waals surface area contributed by atoms with Crippen molar-refractivity contribution in [3.63, 3.8) is 0 Å². The zero-order chi connectivity index (χ0) is 35.8. The third kappa shape index (κ3) is 7.01. The third-order valence-electron chi connectivity index (χ3n) is 9.27. The Morgan fingerprint density at radius 1 is 1.06 bits per heavy atom. The van der Waals surface area contributed by atoms with Gasteiger partial charge in [-0.3, -0.25) is 4.79 Å². The SMILES string of the molecule is COC(=O)c1ccc(-c2ccc(C(Oc3cc(N4CCC5(CC4)CN[C@H](C(=O)O)C5)nc(N)n3)C(F)(F)F)c(-n3ccc(C)n3)c2)cc1OC. The number of nitrogen functional groups attached to an aromatic ring is 1. The van der Waals surface area contributed by atoms with Crippen LogP contribution in [0.2, 0.25) is 0 Å². The summed E-state index contributed by atoms with van der Waals surface area (Å²) >= 11 is 0. The van der Waals surface area contributed by atoms with Gasteiger partial charge in [0, 0.05) is 37.5 Å². The Morgan fingerprint density at radius 3 is 2.40 bits per heavy atom. The number of anilines is 2. The van der Waals surface area contributed by atoms with E-state index in [0.29, 0.717) is 61.5 Å². The highest BCUT2D eigenvalue weighted by atomic mass is 19.4. The summed E-state index contributed by atoms with van der Waals surface area (Å²) in [5, 5.41) is 16.9. The summed E-state index contributed by atoms with van der Waals surface area (Å²) in [4.78, 5) is 33.8. The van der Waals surface area contributed by atoms with Crippen LogP contribution in [-0.2, 0) is 9.53 Å². The van der Waals surface area contributed by atoms with Gasteiger partial charge >= 0.3 is 18.1 Å². The number of ether oxygens (including phenoxy) is 3. The molecule has 13 nitrogen and oxygen atoms in total. The number of carbonyl (C=O) groups is 2. The number of carbonyl (C=O) groups excluding carboxylic acids is 1. The quantitative estimate of drug-likeness (QED) is 0.206. The number of benzene rings is 2. The minimum Gasteiger partial charge on any atom is -0.496 e. The molecule has 0 amide bonds. The van der Waals surface area contributed by atoms with Gasteiger partial charge in [0.05, 0.1) is 25.6 Å². The zero-order valence-corrected chi connectivity index (χ0v) is 27.5. The van der Waals surface area contributed by atoms with E-state index in [-0.39, 0.29) is 39.8 Å². The summed E-state index contributed by atoms with van der Waals surface area (Å²) in [6.07, 6.45) is -3.97. The Bertz CT molecular complexity index is 1910. The second kappa shape index (κ2) is 13.5. The number of methoxy groups -OCH3 is 2. The minimum atomic E-state index is -4.89. The summed E-state index contributed by atoms with van der Waals surface area (Å²) < 4.78 is 62.0. The second-order valence-corrected chi connectivity index (χ2v) is 12.5. The van der Waals surface area contributed by atoms with Gasteiger partial charge in [-0.15, -0.1) is 0 Å². The molecule has 0 bridgehead atoms. The molecule has 6 rings (SSSR count). The molecule has 0 saturated carbocycles. The lowest BCUT2D eigenvalue weighted by Gasteiger charge is -2.39. The molecule has 50 heavy (non-hydrogen) atoms. The average Bonchev–Trinajstić information content (AvgIpc) is 3.72. The minimum absolute atomic E-state index is 0.0994. The molecule has 0 aliphatic carbocycles. The molecule has 2 saturated heterocycles. The van der Waals surface area contributed by atoms with Gasteiger partial charge in [-0.1, -0.05) is 18.2 Å². The fourth-order valence-corrected chi connectivity index (χ4v) is 6.60. The van der Waals surface area contributed by atoms with Crippen molar-refractivity contribution in [1.82, 2.24) is 25.1 Å². The summed E-state index contributed by atoms with van der Waals surface area (Å²) in [6, 6.07) is 11.5. The molecule has 2 aliphatic rings. The maximum atomic E-state index is 14.9. The molecule has 1 unspecified atom stereocenters. The van der Waals surface area contributed by atoms with Crippen molar-refractivity contribution in [3.05, 3.63) is 71.5 Å². The van der Waals surface area contributed by atoms with E-state index in [1.54, 1.807) is 37.4 Å². The van der Waals surface area contributed by atoms with E-state index in [2.05, 4.69) is 20.4 Å². The van der Waals surface area contributed by atoms with Crippen LogP contribution in [0.5, 0.6) is 11.6 Å². The van der Waals surface area contributed by atoms with Crippen LogP contribution in [-0.4, -0.2) is 82.9 Å². The zero-order valence-electron chi connectivity index (χ0n) is 27.5. The van der Waals surface area contributed by atoms with Crippen molar-refractivity contribution in [2.75, 3.05) is 44.5 Å². The Hall–Kier alpha value is -5.38. The average molecular weight is 696 g/mol. The van der Waals surface area contributed by atoms with Gasteiger partial charge in [0.15, 0.2) is 0 Å². The van der Waals surface area contributed by atoms with Crippen molar-refractivity contribution in [3.8, 4) is 28.4 Å². The summed E-state index contributed by atoms with van der Waals surface area (Å²) in [7, 11) is 2.65. The molecular formula is C34H36F3N7O6. The van der Waals surface area contributed by atoms with Crippen LogP contribution in [0.15, 0.2) is 54.7 Å². The molecule has 2 aromatic heterocycles. The Kier molecular flexibility index (Phi) is 9.31. The van der Waals surface area contributed by atoms with Crippen molar-refractivity contribution in [2.45, 2.75) is 44.5 Å². The molecule has 1 spiro atoms. The first-order valence-electron chi connectivity index (χ1n) is 15.8. The number of aryl methyl sites for hydroxylation is 1. The highest BCUT2D eigenvalue weighted by Gasteiger charge is 2.46. The van der Waals surface area contributed by atoms with Gasteiger partial charge in [-0.2, -0.15) is 28.2 Å². The lowest BCUT2D eigenvalue weighted by molar-refractivity contribution is -0.198. The first-order valence-corrected chi connectivity index (χ1v) is 15.8. The third-order valence-corrected chi connectivity index (χ3v) is 9.27. The van der Waals surface area contributed by atoms with Gasteiger partial charge in [-0.25, -0.2) is 9.48 Å². The van der Waals surface area contributed by atoms with Crippen LogP contribution in [0.4, 0.5) is 24.9 Å². The number of alkyl halides is 3. The molecule has 2 aliphatic heterocycles. The normalized spacial score (nSPS) is 17.8. The smallest absolute Gasteiger partial charge is 0.429 e. The van der Waals surface area contributed by atoms with E-state index in [1.165, 1.54) is 43.2 Å². The highest BCUT2D eigenvalue weighted by molar-refractivity contribution is 5.93. The van der Waals surface area contributed by atoms with Crippen molar-refractivity contribution in [2.24, 2.45) is 5.41 Å². The number of hydrogen-bond donors (Lipinski definition) is 3. The lowest BCUT2D eigenvalue weighted by atomic mass is 9.76. The van der Waals surface area contributed by atoms with Gasteiger partial charge in [0.2, 0.25) is 17.9 Å². The number of esters is 1. The Balaban J connectivity index is 1.32. The first-order chi connectivity index (χ1) is 23.8. The van der Waals surface area contributed by atoms with Crippen molar-refractivity contribution < 1.29 is 42.1 Å². The number of carboxylic acids is 1. The number of halogens is 3. The van der Waals surface area contributed by atoms with Gasteiger partial charge in [-0.05, 0) is 67.0 Å². The number of hydrogen-bond acceptors (Lipinski definition) is 11. The molecule has 0 radical (unpaired) electrons. The molecular weight excluding hydrogens is 659 g/mol. The van der Waals surface area contributed by atoms with Crippen molar-refractivity contribution in [1.29, 1.82) is 0 Å². The number of piperidine rings is 1. The van der Waals surface area contributed by atoms with E-state index < -0.39 is 30.3 Å². The fourth-order valence-electron chi connectivity index (χ4n) is 6.60. The molecule has 4 aromatic rings. The molecule has 16 heteroatoms. The predicted molar refractivity (Wildman–Crippen MR) is 175 cm³/mol. The summed E-state index contributed by atoms with van der Waals surface area (Å²) in [5.41, 5.74) is 7.54. The number of nitrogens with two attached hydrogens (primary N) is 1. The Morgan fingerprint density at radius 2 is 1.78 bits per heavy atom. The van der Waals surface area contributed by atoms with Crippen LogP contribution in [0.3, 0.4) is 0 Å². The molecule has 2 atom stereocenters. The molecule has 2 fully saturated rings. The van der Waals surface area contributed by atoms with Gasteiger partial charge in [0.25, 0.3) is 0 Å². The van der Waals surface area contributed by atoms with E-state index >= 15 is 0 Å². The number of carboxylic acid groups (broad SMARTS) is 1. The second-order valence-electron chi connectivity index (χ2n) is 12.5. The molecule has 2 aromatic carbocycles.